The van der Waals surface area contributed by atoms with Crippen molar-refractivity contribution in [1.82, 2.24) is 15.0 Å². The summed E-state index contributed by atoms with van der Waals surface area (Å²) in [7, 11) is 0. The van der Waals surface area contributed by atoms with Gasteiger partial charge in [0.15, 0.2) is 0 Å². The Morgan fingerprint density at radius 2 is 2.30 bits per heavy atom. The predicted molar refractivity (Wildman–Crippen MR) is 87.2 cm³/mol. The maximum atomic E-state index is 12.6. The molecule has 0 unspecified atom stereocenters. The van der Waals surface area contributed by atoms with E-state index in [4.69, 9.17) is 4.52 Å². The second-order valence-electron chi connectivity index (χ2n) is 6.56. The summed E-state index contributed by atoms with van der Waals surface area (Å²) in [6.45, 7) is 5.62. The van der Waals surface area contributed by atoms with Gasteiger partial charge in [0.25, 0.3) is 5.91 Å². The van der Waals surface area contributed by atoms with Crippen LogP contribution in [0.15, 0.2) is 35.0 Å². The number of aromatic nitrogens is 2. The van der Waals surface area contributed by atoms with Crippen molar-refractivity contribution in [2.75, 3.05) is 13.1 Å². The van der Waals surface area contributed by atoms with Crippen molar-refractivity contribution in [3.63, 3.8) is 0 Å². The molecule has 1 fully saturated rings. The molecule has 5 heteroatoms. The molecule has 5 nitrogen and oxygen atoms in total. The summed E-state index contributed by atoms with van der Waals surface area (Å²) >= 11 is 0. The molecule has 122 valence electrons. The molecule has 23 heavy (non-hydrogen) atoms. The summed E-state index contributed by atoms with van der Waals surface area (Å²) in [5.41, 5.74) is 1.92. The highest BCUT2D eigenvalue weighted by Crippen LogP contribution is 2.22. The average Bonchev–Trinajstić information content (AvgIpc) is 3.06. The molecular formula is C18H23N3O2. The lowest BCUT2D eigenvalue weighted by Gasteiger charge is -2.32. The number of likely N-dealkylation sites (tertiary alicyclic amines) is 1. The third-order valence-electron chi connectivity index (χ3n) is 4.36. The average molecular weight is 313 g/mol. The van der Waals surface area contributed by atoms with Gasteiger partial charge in [0.2, 0.25) is 5.76 Å². The van der Waals surface area contributed by atoms with E-state index in [0.29, 0.717) is 11.7 Å². The van der Waals surface area contributed by atoms with Gasteiger partial charge < -0.3 is 9.42 Å². The minimum atomic E-state index is -0.0462. The fraction of sp³-hybridized carbons (Fsp3) is 0.500. The van der Waals surface area contributed by atoms with Gasteiger partial charge in [0.1, 0.15) is 0 Å². The van der Waals surface area contributed by atoms with Crippen LogP contribution in [0.4, 0.5) is 0 Å². The van der Waals surface area contributed by atoms with Crippen LogP contribution in [0.1, 0.15) is 54.5 Å². The molecule has 1 amide bonds. The van der Waals surface area contributed by atoms with Crippen LogP contribution in [0.2, 0.25) is 0 Å². The SMILES string of the molecule is CC(C)c1cc(C(=O)N2CCC[C@H](Cc3ccccn3)C2)on1. The second-order valence-corrected chi connectivity index (χ2v) is 6.56. The largest absolute Gasteiger partial charge is 0.351 e. The van der Waals surface area contributed by atoms with Gasteiger partial charge in [0, 0.05) is 31.0 Å². The second kappa shape index (κ2) is 6.94. The number of hydrogen-bond donors (Lipinski definition) is 0. The van der Waals surface area contributed by atoms with Crippen LogP contribution in [-0.4, -0.2) is 34.0 Å². The first-order valence-corrected chi connectivity index (χ1v) is 8.29. The Labute approximate surface area is 136 Å². The number of pyridine rings is 1. The molecule has 1 aliphatic rings. The third-order valence-corrected chi connectivity index (χ3v) is 4.36. The Kier molecular flexibility index (Phi) is 4.74. The summed E-state index contributed by atoms with van der Waals surface area (Å²) in [6, 6.07) is 7.76. The van der Waals surface area contributed by atoms with Crippen LogP contribution < -0.4 is 0 Å². The van der Waals surface area contributed by atoms with Crippen molar-refractivity contribution in [2.24, 2.45) is 5.92 Å². The molecule has 1 saturated heterocycles. The molecule has 0 aromatic carbocycles. The quantitative estimate of drug-likeness (QED) is 0.869. The number of carbonyl (C=O) groups is 1. The minimum absolute atomic E-state index is 0.0462. The zero-order valence-electron chi connectivity index (χ0n) is 13.7. The summed E-state index contributed by atoms with van der Waals surface area (Å²) in [5.74, 6) is 1.02. The Balaban J connectivity index is 1.64. The first-order valence-electron chi connectivity index (χ1n) is 8.29. The lowest BCUT2D eigenvalue weighted by atomic mass is 9.93. The van der Waals surface area contributed by atoms with Crippen LogP contribution in [0.25, 0.3) is 0 Å². The topological polar surface area (TPSA) is 59.2 Å². The first kappa shape index (κ1) is 15.7. The lowest BCUT2D eigenvalue weighted by Crippen LogP contribution is -2.40. The van der Waals surface area contributed by atoms with Crippen molar-refractivity contribution < 1.29 is 9.32 Å². The van der Waals surface area contributed by atoms with Crippen LogP contribution in [0.5, 0.6) is 0 Å². The van der Waals surface area contributed by atoms with E-state index in [1.807, 2.05) is 43.1 Å². The van der Waals surface area contributed by atoms with Gasteiger partial charge in [-0.2, -0.15) is 0 Å². The molecule has 1 aliphatic heterocycles. The summed E-state index contributed by atoms with van der Waals surface area (Å²) in [4.78, 5) is 18.9. The maximum absolute atomic E-state index is 12.6. The summed E-state index contributed by atoms with van der Waals surface area (Å²) < 4.78 is 5.24. The van der Waals surface area contributed by atoms with E-state index in [0.717, 1.165) is 43.7 Å². The van der Waals surface area contributed by atoms with E-state index >= 15 is 0 Å². The first-order chi connectivity index (χ1) is 11.1. The lowest BCUT2D eigenvalue weighted by molar-refractivity contribution is 0.0631. The molecule has 0 saturated carbocycles. The summed E-state index contributed by atoms with van der Waals surface area (Å²) in [6.07, 6.45) is 4.89. The number of carbonyl (C=O) groups excluding carboxylic acids is 1. The van der Waals surface area contributed by atoms with E-state index in [9.17, 15) is 4.79 Å². The monoisotopic (exact) mass is 313 g/mol. The molecule has 0 N–H and O–H groups in total. The molecule has 0 radical (unpaired) electrons. The number of hydrogen-bond acceptors (Lipinski definition) is 4. The van der Waals surface area contributed by atoms with Gasteiger partial charge in [-0.3, -0.25) is 9.78 Å². The van der Waals surface area contributed by atoms with E-state index in [-0.39, 0.29) is 11.8 Å². The van der Waals surface area contributed by atoms with Crippen LogP contribution in [0, 0.1) is 5.92 Å². The molecule has 0 bridgehead atoms. The zero-order valence-corrected chi connectivity index (χ0v) is 13.7. The highest BCUT2D eigenvalue weighted by atomic mass is 16.5. The molecule has 2 aromatic heterocycles. The van der Waals surface area contributed by atoms with E-state index in [1.165, 1.54) is 0 Å². The molecule has 1 atom stereocenters. The third kappa shape index (κ3) is 3.78. The zero-order chi connectivity index (χ0) is 16.2. The number of amides is 1. The van der Waals surface area contributed by atoms with Crippen molar-refractivity contribution in [3.8, 4) is 0 Å². The molecule has 3 rings (SSSR count). The highest BCUT2D eigenvalue weighted by molar-refractivity contribution is 5.91. The maximum Gasteiger partial charge on any atom is 0.292 e. The Bertz CT molecular complexity index is 651. The van der Waals surface area contributed by atoms with Crippen molar-refractivity contribution in [1.29, 1.82) is 0 Å². The van der Waals surface area contributed by atoms with E-state index < -0.39 is 0 Å². The Morgan fingerprint density at radius 1 is 1.43 bits per heavy atom. The molecular weight excluding hydrogens is 290 g/mol. The summed E-state index contributed by atoms with van der Waals surface area (Å²) in [5, 5.41) is 3.99. The Morgan fingerprint density at radius 3 is 3.00 bits per heavy atom. The van der Waals surface area contributed by atoms with Crippen molar-refractivity contribution in [2.45, 2.75) is 39.0 Å². The number of rotatable bonds is 4. The van der Waals surface area contributed by atoms with Crippen molar-refractivity contribution >= 4 is 5.91 Å². The van der Waals surface area contributed by atoms with Gasteiger partial charge in [-0.25, -0.2) is 0 Å². The number of piperidine rings is 1. The Hall–Kier alpha value is -2.17. The fourth-order valence-corrected chi connectivity index (χ4v) is 3.05. The van der Waals surface area contributed by atoms with Gasteiger partial charge in [-0.05, 0) is 43.2 Å². The standard InChI is InChI=1S/C18H23N3O2/c1-13(2)16-11-17(23-20-16)18(22)21-9-5-6-14(12-21)10-15-7-3-4-8-19-15/h3-4,7-8,11,13-14H,5-6,9-10,12H2,1-2H3/t14-/m1/s1. The van der Waals surface area contributed by atoms with Crippen LogP contribution in [0.3, 0.4) is 0 Å². The van der Waals surface area contributed by atoms with Gasteiger partial charge in [0.05, 0.1) is 5.69 Å². The van der Waals surface area contributed by atoms with E-state index in [2.05, 4.69) is 10.1 Å². The molecule has 0 spiro atoms. The van der Waals surface area contributed by atoms with Crippen molar-refractivity contribution in [3.05, 3.63) is 47.6 Å². The molecule has 0 aliphatic carbocycles. The smallest absolute Gasteiger partial charge is 0.292 e. The van der Waals surface area contributed by atoms with Crippen LogP contribution in [-0.2, 0) is 6.42 Å². The minimum Gasteiger partial charge on any atom is -0.351 e. The van der Waals surface area contributed by atoms with Gasteiger partial charge in [-0.15, -0.1) is 0 Å². The predicted octanol–water partition coefficient (Wildman–Crippen LogP) is 3.29. The molecule has 2 aromatic rings. The van der Waals surface area contributed by atoms with E-state index in [1.54, 1.807) is 6.07 Å². The van der Waals surface area contributed by atoms with Gasteiger partial charge >= 0.3 is 0 Å². The molecule has 3 heterocycles. The normalized spacial score (nSPS) is 18.4. The van der Waals surface area contributed by atoms with Crippen LogP contribution >= 0.6 is 0 Å². The van der Waals surface area contributed by atoms with Gasteiger partial charge in [-0.1, -0.05) is 25.1 Å². The number of nitrogens with zero attached hydrogens (tertiary/aromatic N) is 3. The fourth-order valence-electron chi connectivity index (χ4n) is 3.05. The highest BCUT2D eigenvalue weighted by Gasteiger charge is 2.27.